The molecule has 0 spiro atoms. The Morgan fingerprint density at radius 1 is 1.21 bits per heavy atom. The van der Waals surface area contributed by atoms with Crippen molar-refractivity contribution in [2.24, 2.45) is 5.73 Å². The molecular weight excluding hydrogens is 194 g/mol. The van der Waals surface area contributed by atoms with Gasteiger partial charge in [-0.05, 0) is 31.2 Å². The van der Waals surface area contributed by atoms with Crippen LogP contribution in [0.2, 0.25) is 25.2 Å². The van der Waals surface area contributed by atoms with Gasteiger partial charge in [0.2, 0.25) is 0 Å². The van der Waals surface area contributed by atoms with Crippen LogP contribution in [0.15, 0.2) is 0 Å². The standard InChI is InChI=1S/C10H21NO2Si/c1-14(2,3)9-6-4-8(5-7-9)13-10(11)12/h8-9H,4-7H2,1-3H3,(H2,11,12). The molecule has 0 bridgehead atoms. The van der Waals surface area contributed by atoms with E-state index in [1.54, 1.807) is 0 Å². The van der Waals surface area contributed by atoms with Crippen LogP contribution in [0.5, 0.6) is 0 Å². The SMILES string of the molecule is C[Si](C)(C)C1CCC(OC(N)=O)CC1. The molecule has 14 heavy (non-hydrogen) atoms. The van der Waals surface area contributed by atoms with E-state index in [1.165, 1.54) is 12.8 Å². The highest BCUT2D eigenvalue weighted by atomic mass is 28.3. The molecule has 0 unspecified atom stereocenters. The molecule has 0 aromatic carbocycles. The summed E-state index contributed by atoms with van der Waals surface area (Å²) in [6.07, 6.45) is 3.86. The summed E-state index contributed by atoms with van der Waals surface area (Å²) >= 11 is 0. The minimum absolute atomic E-state index is 0.0834. The van der Waals surface area contributed by atoms with Crippen molar-refractivity contribution < 1.29 is 9.53 Å². The average molecular weight is 215 g/mol. The molecule has 3 nitrogen and oxygen atoms in total. The summed E-state index contributed by atoms with van der Waals surface area (Å²) in [5.74, 6) is 0. The fourth-order valence-electron chi connectivity index (χ4n) is 2.21. The van der Waals surface area contributed by atoms with E-state index in [9.17, 15) is 4.79 Å². The fraction of sp³-hybridized carbons (Fsp3) is 0.900. The zero-order valence-corrected chi connectivity index (χ0v) is 10.4. The van der Waals surface area contributed by atoms with Crippen LogP contribution < -0.4 is 5.73 Å². The molecule has 0 atom stereocenters. The van der Waals surface area contributed by atoms with E-state index in [0.717, 1.165) is 18.4 Å². The number of primary amides is 1. The molecule has 1 rings (SSSR count). The highest BCUT2D eigenvalue weighted by molar-refractivity contribution is 6.77. The van der Waals surface area contributed by atoms with Gasteiger partial charge in [-0.2, -0.15) is 0 Å². The molecule has 1 amide bonds. The van der Waals surface area contributed by atoms with Crippen LogP contribution in [0.4, 0.5) is 4.79 Å². The Morgan fingerprint density at radius 3 is 2.07 bits per heavy atom. The lowest BCUT2D eigenvalue weighted by Gasteiger charge is -2.35. The second-order valence-corrected chi connectivity index (χ2v) is 10.8. The molecule has 0 saturated heterocycles. The normalized spacial score (nSPS) is 28.5. The number of nitrogens with two attached hydrogens (primary N) is 1. The van der Waals surface area contributed by atoms with Crippen molar-refractivity contribution in [3.63, 3.8) is 0 Å². The molecule has 0 aromatic rings. The molecule has 0 radical (unpaired) electrons. The lowest BCUT2D eigenvalue weighted by Crippen LogP contribution is -2.34. The Labute approximate surface area is 87.0 Å². The van der Waals surface area contributed by atoms with E-state index in [4.69, 9.17) is 10.5 Å². The van der Waals surface area contributed by atoms with Crippen LogP contribution in [0.3, 0.4) is 0 Å². The quantitative estimate of drug-likeness (QED) is 0.720. The summed E-state index contributed by atoms with van der Waals surface area (Å²) in [7, 11) is -0.998. The van der Waals surface area contributed by atoms with Gasteiger partial charge in [0.25, 0.3) is 0 Å². The van der Waals surface area contributed by atoms with Crippen molar-refractivity contribution >= 4 is 14.2 Å². The van der Waals surface area contributed by atoms with Crippen molar-refractivity contribution in [1.82, 2.24) is 0 Å². The molecule has 2 N–H and O–H groups in total. The van der Waals surface area contributed by atoms with Gasteiger partial charge in [-0.1, -0.05) is 19.6 Å². The van der Waals surface area contributed by atoms with Crippen molar-refractivity contribution in [2.75, 3.05) is 0 Å². The predicted molar refractivity (Wildman–Crippen MR) is 60.0 cm³/mol. The molecule has 0 aliphatic heterocycles. The lowest BCUT2D eigenvalue weighted by atomic mass is 9.97. The minimum atomic E-state index is -0.998. The van der Waals surface area contributed by atoms with E-state index in [2.05, 4.69) is 19.6 Å². The summed E-state index contributed by atoms with van der Waals surface area (Å²) < 4.78 is 5.01. The van der Waals surface area contributed by atoms with Gasteiger partial charge in [0.1, 0.15) is 6.10 Å². The van der Waals surface area contributed by atoms with E-state index in [-0.39, 0.29) is 6.10 Å². The number of hydrogen-bond acceptors (Lipinski definition) is 2. The Kier molecular flexibility index (Phi) is 3.58. The van der Waals surface area contributed by atoms with Gasteiger partial charge in [-0.3, -0.25) is 0 Å². The van der Waals surface area contributed by atoms with Gasteiger partial charge < -0.3 is 10.5 Å². The van der Waals surface area contributed by atoms with Gasteiger partial charge in [0.05, 0.1) is 0 Å². The van der Waals surface area contributed by atoms with Crippen molar-refractivity contribution in [2.45, 2.75) is 57.0 Å². The molecule has 1 saturated carbocycles. The Balaban J connectivity index is 2.35. The lowest BCUT2D eigenvalue weighted by molar-refractivity contribution is 0.0825. The van der Waals surface area contributed by atoms with Crippen LogP contribution in [0.1, 0.15) is 25.7 Å². The van der Waals surface area contributed by atoms with Crippen LogP contribution in [-0.2, 0) is 4.74 Å². The van der Waals surface area contributed by atoms with Crippen molar-refractivity contribution in [3.05, 3.63) is 0 Å². The first-order valence-corrected chi connectivity index (χ1v) is 8.93. The van der Waals surface area contributed by atoms with Crippen molar-refractivity contribution in [3.8, 4) is 0 Å². The molecular formula is C10H21NO2Si. The first-order valence-electron chi connectivity index (χ1n) is 5.35. The summed E-state index contributed by atoms with van der Waals surface area (Å²) in [6, 6.07) is 0. The van der Waals surface area contributed by atoms with Crippen LogP contribution in [0.25, 0.3) is 0 Å². The van der Waals surface area contributed by atoms with Gasteiger partial charge in [0.15, 0.2) is 0 Å². The van der Waals surface area contributed by atoms with Crippen LogP contribution in [-0.4, -0.2) is 20.3 Å². The molecule has 1 aliphatic carbocycles. The zero-order chi connectivity index (χ0) is 10.8. The maximum absolute atomic E-state index is 10.6. The molecule has 0 aromatic heterocycles. The maximum Gasteiger partial charge on any atom is 0.404 e. The number of carbonyl (C=O) groups is 1. The summed E-state index contributed by atoms with van der Waals surface area (Å²) in [5.41, 5.74) is 5.88. The van der Waals surface area contributed by atoms with Gasteiger partial charge in [-0.15, -0.1) is 0 Å². The van der Waals surface area contributed by atoms with E-state index in [1.807, 2.05) is 0 Å². The highest BCUT2D eigenvalue weighted by Crippen LogP contribution is 2.37. The molecule has 1 fully saturated rings. The molecule has 1 aliphatic rings. The van der Waals surface area contributed by atoms with E-state index < -0.39 is 14.2 Å². The molecule has 4 heteroatoms. The summed E-state index contributed by atoms with van der Waals surface area (Å²) in [5, 5.41) is 0. The van der Waals surface area contributed by atoms with Crippen LogP contribution in [0, 0.1) is 0 Å². The topological polar surface area (TPSA) is 52.3 Å². The van der Waals surface area contributed by atoms with Gasteiger partial charge in [0, 0.05) is 8.07 Å². The van der Waals surface area contributed by atoms with E-state index in [0.29, 0.717) is 0 Å². The number of hydrogen-bond donors (Lipinski definition) is 1. The fourth-order valence-corrected chi connectivity index (χ4v) is 4.28. The Bertz CT molecular complexity index is 205. The third-order valence-corrected chi connectivity index (χ3v) is 6.21. The predicted octanol–water partition coefficient (Wildman–Crippen LogP) is 2.73. The van der Waals surface area contributed by atoms with Crippen LogP contribution >= 0.6 is 0 Å². The second kappa shape index (κ2) is 4.34. The smallest absolute Gasteiger partial charge is 0.404 e. The summed E-state index contributed by atoms with van der Waals surface area (Å²) in [4.78, 5) is 10.6. The first kappa shape index (κ1) is 11.6. The third kappa shape index (κ3) is 3.33. The molecule has 82 valence electrons. The third-order valence-electron chi connectivity index (χ3n) is 3.18. The monoisotopic (exact) mass is 215 g/mol. The zero-order valence-electron chi connectivity index (χ0n) is 9.38. The second-order valence-electron chi connectivity index (χ2n) is 5.28. The largest absolute Gasteiger partial charge is 0.446 e. The highest BCUT2D eigenvalue weighted by Gasteiger charge is 2.31. The number of amides is 1. The Hall–Kier alpha value is -0.513. The minimum Gasteiger partial charge on any atom is -0.446 e. The Morgan fingerprint density at radius 2 is 1.71 bits per heavy atom. The van der Waals surface area contributed by atoms with Gasteiger partial charge >= 0.3 is 6.09 Å². The van der Waals surface area contributed by atoms with Crippen molar-refractivity contribution in [1.29, 1.82) is 0 Å². The number of rotatable bonds is 2. The maximum atomic E-state index is 10.6. The van der Waals surface area contributed by atoms with E-state index >= 15 is 0 Å². The van der Waals surface area contributed by atoms with Gasteiger partial charge in [-0.25, -0.2) is 4.79 Å². The number of carbonyl (C=O) groups excluding carboxylic acids is 1. The molecule has 0 heterocycles. The average Bonchev–Trinajstić information content (AvgIpc) is 2.02. The summed E-state index contributed by atoms with van der Waals surface area (Å²) in [6.45, 7) is 7.23. The number of ether oxygens (including phenoxy) is 1. The first-order chi connectivity index (χ1) is 6.39.